The highest BCUT2D eigenvalue weighted by molar-refractivity contribution is 6.03. The monoisotopic (exact) mass is 496 g/mol. The van der Waals surface area contributed by atoms with E-state index in [0.717, 1.165) is 6.42 Å². The molecule has 0 radical (unpaired) electrons. The van der Waals surface area contributed by atoms with Crippen molar-refractivity contribution in [2.75, 3.05) is 6.54 Å². The molecule has 4 amide bonds. The molecule has 0 bridgehead atoms. The molecule has 0 aromatic heterocycles. The first-order valence-electron chi connectivity index (χ1n) is 12.8. The van der Waals surface area contributed by atoms with Gasteiger partial charge in [0.05, 0.1) is 12.5 Å². The van der Waals surface area contributed by atoms with Gasteiger partial charge in [0.15, 0.2) is 5.78 Å². The standard InChI is InChI=1S/C26H48N4O5/c1-15(2)10-11-27-25(34)19(9)28-23(33)14-21(31)20(12-16(3)4)29-26(35)24(18(7)8)30-22(32)13-17(5)6/h15-20,24H,10-14H2,1-9H3,(H,27,34)(H,28,33)(H,29,35)(H,30,32). The lowest BCUT2D eigenvalue weighted by atomic mass is 9.96. The van der Waals surface area contributed by atoms with E-state index in [2.05, 4.69) is 35.1 Å². The Labute approximate surface area is 211 Å². The van der Waals surface area contributed by atoms with Gasteiger partial charge in [0.2, 0.25) is 23.6 Å². The smallest absolute Gasteiger partial charge is 0.243 e. The second kappa shape index (κ2) is 16.3. The van der Waals surface area contributed by atoms with Crippen LogP contribution < -0.4 is 21.3 Å². The molecule has 4 N–H and O–H groups in total. The van der Waals surface area contributed by atoms with E-state index >= 15 is 0 Å². The summed E-state index contributed by atoms with van der Waals surface area (Å²) in [4.78, 5) is 62.7. The van der Waals surface area contributed by atoms with E-state index in [1.165, 1.54) is 0 Å². The van der Waals surface area contributed by atoms with Crippen LogP contribution in [0.2, 0.25) is 0 Å². The van der Waals surface area contributed by atoms with Crippen molar-refractivity contribution in [1.29, 1.82) is 0 Å². The molecule has 0 heterocycles. The minimum atomic E-state index is -0.869. The van der Waals surface area contributed by atoms with Gasteiger partial charge in [-0.3, -0.25) is 24.0 Å². The van der Waals surface area contributed by atoms with Crippen molar-refractivity contribution >= 4 is 29.4 Å². The zero-order valence-electron chi connectivity index (χ0n) is 23.1. The van der Waals surface area contributed by atoms with Gasteiger partial charge in [-0.1, -0.05) is 55.4 Å². The quantitative estimate of drug-likeness (QED) is 0.243. The Morgan fingerprint density at radius 2 is 1.26 bits per heavy atom. The second-order valence-electron chi connectivity index (χ2n) is 11.0. The average molecular weight is 497 g/mol. The number of ketones is 1. The fourth-order valence-corrected chi connectivity index (χ4v) is 3.42. The highest BCUT2D eigenvalue weighted by Crippen LogP contribution is 2.11. The van der Waals surface area contributed by atoms with Gasteiger partial charge in [-0.2, -0.15) is 0 Å². The molecule has 0 aromatic rings. The summed E-state index contributed by atoms with van der Waals surface area (Å²) in [7, 11) is 0. The molecule has 0 rings (SSSR count). The molecule has 0 aliphatic rings. The first-order valence-corrected chi connectivity index (χ1v) is 12.8. The maximum absolute atomic E-state index is 13.0. The number of nitrogens with one attached hydrogen (secondary N) is 4. The molecule has 0 aliphatic heterocycles. The van der Waals surface area contributed by atoms with Gasteiger partial charge in [0.1, 0.15) is 12.1 Å². The minimum absolute atomic E-state index is 0.0889. The van der Waals surface area contributed by atoms with Gasteiger partial charge >= 0.3 is 0 Å². The molecule has 0 saturated carbocycles. The molecule has 202 valence electrons. The Hall–Kier alpha value is -2.45. The Kier molecular flexibility index (Phi) is 15.1. The van der Waals surface area contributed by atoms with Gasteiger partial charge in [-0.25, -0.2) is 0 Å². The molecule has 3 atom stereocenters. The van der Waals surface area contributed by atoms with Crippen molar-refractivity contribution in [2.24, 2.45) is 23.7 Å². The zero-order chi connectivity index (χ0) is 27.3. The molecule has 9 nitrogen and oxygen atoms in total. The fraction of sp³-hybridized carbons (Fsp3) is 0.808. The third kappa shape index (κ3) is 14.5. The third-order valence-corrected chi connectivity index (χ3v) is 5.40. The van der Waals surface area contributed by atoms with E-state index in [4.69, 9.17) is 0 Å². The number of hydrogen-bond acceptors (Lipinski definition) is 5. The van der Waals surface area contributed by atoms with E-state index in [0.29, 0.717) is 25.3 Å². The first-order chi connectivity index (χ1) is 16.1. The Bertz CT molecular complexity index is 719. The van der Waals surface area contributed by atoms with Gasteiger partial charge < -0.3 is 21.3 Å². The lowest BCUT2D eigenvalue weighted by Gasteiger charge is -2.26. The molecule has 0 saturated heterocycles. The van der Waals surface area contributed by atoms with Crippen LogP contribution in [0.25, 0.3) is 0 Å². The average Bonchev–Trinajstić information content (AvgIpc) is 2.69. The van der Waals surface area contributed by atoms with Crippen LogP contribution in [0.4, 0.5) is 0 Å². The number of rotatable bonds is 16. The highest BCUT2D eigenvalue weighted by atomic mass is 16.2. The Morgan fingerprint density at radius 1 is 0.657 bits per heavy atom. The van der Waals surface area contributed by atoms with Crippen LogP contribution >= 0.6 is 0 Å². The first kappa shape index (κ1) is 32.5. The van der Waals surface area contributed by atoms with Crippen molar-refractivity contribution in [2.45, 2.75) is 106 Å². The SMILES string of the molecule is CC(C)CCNC(=O)C(C)NC(=O)CC(=O)C(CC(C)C)NC(=O)C(NC(=O)CC(C)C)C(C)C. The molecule has 0 aliphatic carbocycles. The number of hydrogen-bond donors (Lipinski definition) is 4. The summed E-state index contributed by atoms with van der Waals surface area (Å²) in [5.41, 5.74) is 0. The minimum Gasteiger partial charge on any atom is -0.354 e. The lowest BCUT2D eigenvalue weighted by molar-refractivity contribution is -0.135. The predicted octanol–water partition coefficient (Wildman–Crippen LogP) is 2.33. The molecule has 35 heavy (non-hydrogen) atoms. The maximum Gasteiger partial charge on any atom is 0.243 e. The van der Waals surface area contributed by atoms with Crippen molar-refractivity contribution in [3.8, 4) is 0 Å². The van der Waals surface area contributed by atoms with Crippen molar-refractivity contribution in [3.05, 3.63) is 0 Å². The lowest BCUT2D eigenvalue weighted by Crippen LogP contribution is -2.54. The predicted molar refractivity (Wildman–Crippen MR) is 137 cm³/mol. The molecule has 0 fully saturated rings. The van der Waals surface area contributed by atoms with Crippen molar-refractivity contribution < 1.29 is 24.0 Å². The number of carbonyl (C=O) groups is 5. The van der Waals surface area contributed by atoms with Gasteiger partial charge in [-0.05, 0) is 43.4 Å². The summed E-state index contributed by atoms with van der Waals surface area (Å²) in [6.07, 6.45) is 1.03. The Balaban J connectivity index is 5.11. The highest BCUT2D eigenvalue weighted by Gasteiger charge is 2.30. The normalized spacial score (nSPS) is 14.0. The number of Topliss-reactive ketones (excluding diaryl/α,β-unsaturated/α-hetero) is 1. The second-order valence-corrected chi connectivity index (χ2v) is 11.0. The zero-order valence-corrected chi connectivity index (χ0v) is 23.1. The summed E-state index contributed by atoms with van der Waals surface area (Å²) in [6.45, 7) is 17.5. The fourth-order valence-electron chi connectivity index (χ4n) is 3.42. The van der Waals surface area contributed by atoms with E-state index in [1.54, 1.807) is 6.92 Å². The summed E-state index contributed by atoms with van der Waals surface area (Å²) < 4.78 is 0. The summed E-state index contributed by atoms with van der Waals surface area (Å²) in [5.74, 6) is -1.48. The van der Waals surface area contributed by atoms with Crippen LogP contribution in [0, 0.1) is 23.7 Å². The summed E-state index contributed by atoms with van der Waals surface area (Å²) >= 11 is 0. The van der Waals surface area contributed by atoms with Crippen LogP contribution in [0.5, 0.6) is 0 Å². The molecule has 0 spiro atoms. The van der Waals surface area contributed by atoms with Gasteiger partial charge in [0, 0.05) is 13.0 Å². The van der Waals surface area contributed by atoms with E-state index in [9.17, 15) is 24.0 Å². The van der Waals surface area contributed by atoms with Gasteiger partial charge in [0.25, 0.3) is 0 Å². The van der Waals surface area contributed by atoms with Crippen LogP contribution in [-0.2, 0) is 24.0 Å². The van der Waals surface area contributed by atoms with E-state index in [-0.39, 0.29) is 29.6 Å². The maximum atomic E-state index is 13.0. The van der Waals surface area contributed by atoms with Crippen LogP contribution in [0.3, 0.4) is 0 Å². The van der Waals surface area contributed by atoms with E-state index in [1.807, 2.05) is 41.5 Å². The molecule has 0 aromatic carbocycles. The van der Waals surface area contributed by atoms with Crippen LogP contribution in [0.1, 0.15) is 88.0 Å². The topological polar surface area (TPSA) is 133 Å². The third-order valence-electron chi connectivity index (χ3n) is 5.40. The van der Waals surface area contributed by atoms with Crippen molar-refractivity contribution in [1.82, 2.24) is 21.3 Å². The molecular formula is C26H48N4O5. The number of carbonyl (C=O) groups excluding carboxylic acids is 5. The van der Waals surface area contributed by atoms with Crippen molar-refractivity contribution in [3.63, 3.8) is 0 Å². The molecular weight excluding hydrogens is 448 g/mol. The summed E-state index contributed by atoms with van der Waals surface area (Å²) in [6, 6.07) is -2.43. The molecule has 9 heteroatoms. The largest absolute Gasteiger partial charge is 0.354 e. The van der Waals surface area contributed by atoms with E-state index < -0.39 is 42.1 Å². The number of amides is 4. The van der Waals surface area contributed by atoms with Crippen LogP contribution in [-0.4, -0.2) is 54.1 Å². The van der Waals surface area contributed by atoms with Gasteiger partial charge in [-0.15, -0.1) is 0 Å². The molecule has 3 unspecified atom stereocenters. The Morgan fingerprint density at radius 3 is 1.74 bits per heavy atom. The van der Waals surface area contributed by atoms with Crippen LogP contribution in [0.15, 0.2) is 0 Å². The summed E-state index contributed by atoms with van der Waals surface area (Å²) in [5, 5.41) is 10.8.